The lowest BCUT2D eigenvalue weighted by Crippen LogP contribution is -2.27. The van der Waals surface area contributed by atoms with Crippen LogP contribution in [0.15, 0.2) is 29.1 Å². The molecule has 19 heavy (non-hydrogen) atoms. The number of nitrogens with zero attached hydrogens (tertiary/aromatic N) is 2. The Kier molecular flexibility index (Phi) is 2.93. The summed E-state index contributed by atoms with van der Waals surface area (Å²) in [7, 11) is 0. The molecule has 0 unspecified atom stereocenters. The molecular weight excluding hydrogens is 243 g/mol. The third-order valence-corrected chi connectivity index (χ3v) is 3.63. The Labute approximate surface area is 110 Å². The van der Waals surface area contributed by atoms with Crippen LogP contribution in [-0.4, -0.2) is 9.55 Å². The fraction of sp³-hybridized carbons (Fsp3) is 0.333. The standard InChI is InChI=1S/C15H15FN2O/c1-10-17-14-4-2-3-13(14)15(19)18(10)9-11-5-7-12(16)8-6-11/h5-8H,2-4,9H2,1H3. The SMILES string of the molecule is Cc1nc2c(c(=O)n1Cc1ccc(F)cc1)CCC2. The summed E-state index contributed by atoms with van der Waals surface area (Å²) in [5.41, 5.74) is 2.78. The van der Waals surface area contributed by atoms with E-state index in [-0.39, 0.29) is 11.4 Å². The maximum absolute atomic E-state index is 12.9. The summed E-state index contributed by atoms with van der Waals surface area (Å²) in [6, 6.07) is 6.23. The first-order valence-electron chi connectivity index (χ1n) is 6.49. The van der Waals surface area contributed by atoms with Crippen LogP contribution in [0.2, 0.25) is 0 Å². The van der Waals surface area contributed by atoms with Crippen molar-refractivity contribution in [3.05, 3.63) is 63.1 Å². The van der Waals surface area contributed by atoms with E-state index in [0.29, 0.717) is 6.54 Å². The Morgan fingerprint density at radius 3 is 2.74 bits per heavy atom. The highest BCUT2D eigenvalue weighted by atomic mass is 19.1. The molecule has 0 radical (unpaired) electrons. The van der Waals surface area contributed by atoms with Crippen molar-refractivity contribution in [1.29, 1.82) is 0 Å². The molecule has 0 atom stereocenters. The van der Waals surface area contributed by atoms with E-state index in [1.54, 1.807) is 16.7 Å². The van der Waals surface area contributed by atoms with E-state index in [9.17, 15) is 9.18 Å². The summed E-state index contributed by atoms with van der Waals surface area (Å²) < 4.78 is 14.6. The van der Waals surface area contributed by atoms with Gasteiger partial charge in [0.05, 0.1) is 12.2 Å². The van der Waals surface area contributed by atoms with Gasteiger partial charge in [0.15, 0.2) is 0 Å². The van der Waals surface area contributed by atoms with Gasteiger partial charge in [-0.15, -0.1) is 0 Å². The molecule has 0 fully saturated rings. The number of benzene rings is 1. The topological polar surface area (TPSA) is 34.9 Å². The lowest BCUT2D eigenvalue weighted by molar-refractivity contribution is 0.625. The molecular formula is C15H15FN2O. The van der Waals surface area contributed by atoms with Crippen LogP contribution >= 0.6 is 0 Å². The zero-order chi connectivity index (χ0) is 13.4. The number of hydrogen-bond donors (Lipinski definition) is 0. The summed E-state index contributed by atoms with van der Waals surface area (Å²) in [6.07, 6.45) is 2.74. The fourth-order valence-electron chi connectivity index (χ4n) is 2.61. The average molecular weight is 258 g/mol. The van der Waals surface area contributed by atoms with Gasteiger partial charge in [-0.05, 0) is 43.9 Å². The van der Waals surface area contributed by atoms with Crippen LogP contribution in [0, 0.1) is 12.7 Å². The van der Waals surface area contributed by atoms with Crippen LogP contribution in [-0.2, 0) is 19.4 Å². The average Bonchev–Trinajstić information content (AvgIpc) is 2.85. The van der Waals surface area contributed by atoms with E-state index in [1.807, 2.05) is 6.92 Å². The molecule has 0 aliphatic heterocycles. The molecule has 3 rings (SSSR count). The Bertz CT molecular complexity index is 674. The highest BCUT2D eigenvalue weighted by molar-refractivity contribution is 5.25. The fourth-order valence-corrected chi connectivity index (χ4v) is 2.61. The van der Waals surface area contributed by atoms with Gasteiger partial charge in [-0.2, -0.15) is 0 Å². The van der Waals surface area contributed by atoms with E-state index in [2.05, 4.69) is 4.98 Å². The highest BCUT2D eigenvalue weighted by Crippen LogP contribution is 2.17. The molecule has 3 nitrogen and oxygen atoms in total. The van der Waals surface area contributed by atoms with Crippen LogP contribution in [0.4, 0.5) is 4.39 Å². The monoisotopic (exact) mass is 258 g/mol. The molecule has 4 heteroatoms. The van der Waals surface area contributed by atoms with Crippen LogP contribution in [0.1, 0.15) is 29.1 Å². The van der Waals surface area contributed by atoms with Crippen molar-refractivity contribution >= 4 is 0 Å². The van der Waals surface area contributed by atoms with Crippen LogP contribution < -0.4 is 5.56 Å². The Morgan fingerprint density at radius 2 is 2.00 bits per heavy atom. The van der Waals surface area contributed by atoms with Gasteiger partial charge in [-0.3, -0.25) is 9.36 Å². The summed E-state index contributed by atoms with van der Waals surface area (Å²) in [4.78, 5) is 16.9. The van der Waals surface area contributed by atoms with E-state index in [1.165, 1.54) is 12.1 Å². The minimum absolute atomic E-state index is 0.0596. The van der Waals surface area contributed by atoms with E-state index in [4.69, 9.17) is 0 Å². The van der Waals surface area contributed by atoms with Gasteiger partial charge in [0.2, 0.25) is 0 Å². The smallest absolute Gasteiger partial charge is 0.257 e. The molecule has 1 heterocycles. The molecule has 0 amide bonds. The van der Waals surface area contributed by atoms with E-state index >= 15 is 0 Å². The van der Waals surface area contributed by atoms with Crippen LogP contribution in [0.5, 0.6) is 0 Å². The third kappa shape index (κ3) is 2.18. The van der Waals surface area contributed by atoms with Gasteiger partial charge in [-0.25, -0.2) is 9.37 Å². The van der Waals surface area contributed by atoms with Crippen molar-refractivity contribution in [2.24, 2.45) is 0 Å². The number of halogens is 1. The zero-order valence-electron chi connectivity index (χ0n) is 10.8. The van der Waals surface area contributed by atoms with Crippen molar-refractivity contribution in [1.82, 2.24) is 9.55 Å². The second-order valence-corrected chi connectivity index (χ2v) is 4.96. The number of hydrogen-bond acceptors (Lipinski definition) is 2. The van der Waals surface area contributed by atoms with E-state index < -0.39 is 0 Å². The van der Waals surface area contributed by atoms with Gasteiger partial charge in [0.1, 0.15) is 11.6 Å². The lowest BCUT2D eigenvalue weighted by atomic mass is 10.2. The van der Waals surface area contributed by atoms with Crippen molar-refractivity contribution in [2.45, 2.75) is 32.7 Å². The number of rotatable bonds is 2. The largest absolute Gasteiger partial charge is 0.292 e. The molecule has 0 spiro atoms. The normalized spacial score (nSPS) is 13.6. The molecule has 98 valence electrons. The predicted octanol–water partition coefficient (Wildman–Crippen LogP) is 2.23. The third-order valence-electron chi connectivity index (χ3n) is 3.63. The second-order valence-electron chi connectivity index (χ2n) is 4.96. The highest BCUT2D eigenvalue weighted by Gasteiger charge is 2.19. The van der Waals surface area contributed by atoms with Crippen molar-refractivity contribution in [2.75, 3.05) is 0 Å². The Hall–Kier alpha value is -1.97. The van der Waals surface area contributed by atoms with E-state index in [0.717, 1.165) is 41.9 Å². The molecule has 0 N–H and O–H groups in total. The van der Waals surface area contributed by atoms with Crippen LogP contribution in [0.3, 0.4) is 0 Å². The summed E-state index contributed by atoms with van der Waals surface area (Å²) in [5.74, 6) is 0.467. The molecule has 0 saturated carbocycles. The molecule has 1 aliphatic carbocycles. The maximum Gasteiger partial charge on any atom is 0.257 e. The molecule has 0 saturated heterocycles. The molecule has 1 aromatic heterocycles. The molecule has 1 aromatic carbocycles. The summed E-state index contributed by atoms with van der Waals surface area (Å²) in [5, 5.41) is 0. The zero-order valence-corrected chi connectivity index (χ0v) is 10.8. The van der Waals surface area contributed by atoms with Crippen molar-refractivity contribution in [3.63, 3.8) is 0 Å². The first-order valence-corrected chi connectivity index (χ1v) is 6.49. The summed E-state index contributed by atoms with van der Waals surface area (Å²) in [6.45, 7) is 2.30. The summed E-state index contributed by atoms with van der Waals surface area (Å²) >= 11 is 0. The number of aromatic nitrogens is 2. The second kappa shape index (κ2) is 4.61. The van der Waals surface area contributed by atoms with Gasteiger partial charge in [0, 0.05) is 5.56 Å². The lowest BCUT2D eigenvalue weighted by Gasteiger charge is -2.11. The Morgan fingerprint density at radius 1 is 1.26 bits per heavy atom. The first kappa shape index (κ1) is 12.1. The Balaban J connectivity index is 2.02. The molecule has 1 aliphatic rings. The first-order chi connectivity index (χ1) is 9.15. The quantitative estimate of drug-likeness (QED) is 0.828. The van der Waals surface area contributed by atoms with Gasteiger partial charge >= 0.3 is 0 Å². The minimum Gasteiger partial charge on any atom is -0.292 e. The van der Waals surface area contributed by atoms with Gasteiger partial charge < -0.3 is 0 Å². The number of aryl methyl sites for hydroxylation is 2. The van der Waals surface area contributed by atoms with Gasteiger partial charge in [0.25, 0.3) is 5.56 Å². The number of fused-ring (bicyclic) bond motifs is 1. The molecule has 2 aromatic rings. The minimum atomic E-state index is -0.264. The van der Waals surface area contributed by atoms with Crippen molar-refractivity contribution < 1.29 is 4.39 Å². The van der Waals surface area contributed by atoms with Crippen molar-refractivity contribution in [3.8, 4) is 0 Å². The van der Waals surface area contributed by atoms with Crippen LogP contribution in [0.25, 0.3) is 0 Å². The maximum atomic E-state index is 12.9. The predicted molar refractivity (Wildman–Crippen MR) is 70.8 cm³/mol. The van der Waals surface area contributed by atoms with Gasteiger partial charge in [-0.1, -0.05) is 12.1 Å². The molecule has 0 bridgehead atoms.